The quantitative estimate of drug-likeness (QED) is 0.605. The van der Waals surface area contributed by atoms with Gasteiger partial charge in [0.2, 0.25) is 5.88 Å². The number of aromatic nitrogens is 4. The minimum atomic E-state index is 0.209. The molecule has 27 heavy (non-hydrogen) atoms. The van der Waals surface area contributed by atoms with Crippen LogP contribution >= 0.6 is 0 Å². The van der Waals surface area contributed by atoms with Crippen LogP contribution in [0.1, 0.15) is 12.8 Å². The number of hydrogen-bond acceptors (Lipinski definition) is 5. The lowest BCUT2D eigenvalue weighted by atomic mass is 10.0. The average Bonchev–Trinajstić information content (AvgIpc) is 3.14. The lowest BCUT2D eigenvalue weighted by molar-refractivity contribution is 0.111. The van der Waals surface area contributed by atoms with Gasteiger partial charge >= 0.3 is 0 Å². The van der Waals surface area contributed by atoms with Gasteiger partial charge in [0, 0.05) is 36.4 Å². The maximum atomic E-state index is 6.28. The summed E-state index contributed by atoms with van der Waals surface area (Å²) in [6.45, 7) is 2.11. The van der Waals surface area contributed by atoms with E-state index in [4.69, 9.17) is 4.74 Å². The maximum absolute atomic E-state index is 6.28. The molecule has 0 radical (unpaired) electrons. The van der Waals surface area contributed by atoms with E-state index < -0.39 is 0 Å². The zero-order valence-electron chi connectivity index (χ0n) is 15.2. The van der Waals surface area contributed by atoms with Gasteiger partial charge in [0.25, 0.3) is 0 Å². The number of piperidine rings is 1. The normalized spacial score (nSPS) is 16.2. The second-order valence-electron chi connectivity index (χ2n) is 7.13. The first-order valence-electron chi connectivity index (χ1n) is 9.30. The number of fused-ring (bicyclic) bond motifs is 2. The summed E-state index contributed by atoms with van der Waals surface area (Å²) in [6, 6.07) is 10.3. The van der Waals surface area contributed by atoms with Crippen molar-refractivity contribution in [3.8, 4) is 17.0 Å². The van der Waals surface area contributed by atoms with Crippen molar-refractivity contribution in [1.82, 2.24) is 24.8 Å². The van der Waals surface area contributed by atoms with Gasteiger partial charge in [0.05, 0.1) is 10.9 Å². The van der Waals surface area contributed by atoms with Crippen molar-refractivity contribution < 1.29 is 4.74 Å². The molecule has 5 rings (SSSR count). The predicted octanol–water partition coefficient (Wildman–Crippen LogP) is 3.65. The Kier molecular flexibility index (Phi) is 3.98. The van der Waals surface area contributed by atoms with Crippen molar-refractivity contribution in [2.24, 2.45) is 0 Å². The zero-order valence-corrected chi connectivity index (χ0v) is 15.2. The first-order chi connectivity index (χ1) is 13.3. The number of nitrogens with one attached hydrogen (secondary N) is 1. The van der Waals surface area contributed by atoms with Gasteiger partial charge < -0.3 is 14.6 Å². The van der Waals surface area contributed by atoms with Crippen molar-refractivity contribution in [2.75, 3.05) is 20.1 Å². The largest absolute Gasteiger partial charge is 0.474 e. The second kappa shape index (κ2) is 6.63. The fraction of sp³-hybridized carbons (Fsp3) is 0.286. The van der Waals surface area contributed by atoms with Crippen LogP contribution in [0.3, 0.4) is 0 Å². The second-order valence-corrected chi connectivity index (χ2v) is 7.13. The van der Waals surface area contributed by atoms with Crippen molar-refractivity contribution >= 4 is 21.9 Å². The molecule has 0 bridgehead atoms. The van der Waals surface area contributed by atoms with Crippen LogP contribution in [0.25, 0.3) is 33.1 Å². The topological polar surface area (TPSA) is 66.9 Å². The van der Waals surface area contributed by atoms with E-state index in [1.165, 1.54) is 0 Å². The molecule has 1 saturated heterocycles. The molecule has 4 heterocycles. The molecule has 0 unspecified atom stereocenters. The smallest absolute Gasteiger partial charge is 0.224 e. The molecule has 1 aliphatic rings. The van der Waals surface area contributed by atoms with E-state index in [-0.39, 0.29) is 6.10 Å². The van der Waals surface area contributed by atoms with Crippen molar-refractivity contribution in [2.45, 2.75) is 18.9 Å². The molecule has 6 heteroatoms. The van der Waals surface area contributed by atoms with Crippen LogP contribution in [0.2, 0.25) is 0 Å². The van der Waals surface area contributed by atoms with Gasteiger partial charge in [-0.05, 0) is 49.7 Å². The fourth-order valence-corrected chi connectivity index (χ4v) is 3.75. The molecule has 0 spiro atoms. The average molecular weight is 359 g/mol. The van der Waals surface area contributed by atoms with E-state index in [1.54, 1.807) is 12.5 Å². The Bertz CT molecular complexity index is 1100. The predicted molar refractivity (Wildman–Crippen MR) is 106 cm³/mol. The third-order valence-electron chi connectivity index (χ3n) is 5.30. The molecule has 0 saturated carbocycles. The van der Waals surface area contributed by atoms with E-state index in [0.29, 0.717) is 5.88 Å². The number of pyridine rings is 1. The van der Waals surface area contributed by atoms with Crippen molar-refractivity contribution in [1.29, 1.82) is 0 Å². The Morgan fingerprint density at radius 2 is 1.96 bits per heavy atom. The molecule has 6 nitrogen and oxygen atoms in total. The van der Waals surface area contributed by atoms with Gasteiger partial charge in [-0.1, -0.05) is 6.07 Å². The molecule has 136 valence electrons. The number of H-pyrrole nitrogens is 1. The number of benzene rings is 1. The van der Waals surface area contributed by atoms with Crippen LogP contribution in [0.15, 0.2) is 49.1 Å². The molecular formula is C21H21N5O. The number of hydrogen-bond donors (Lipinski definition) is 1. The van der Waals surface area contributed by atoms with Gasteiger partial charge in [0.1, 0.15) is 18.1 Å². The van der Waals surface area contributed by atoms with E-state index in [0.717, 1.165) is 59.0 Å². The summed E-state index contributed by atoms with van der Waals surface area (Å²) in [5.41, 5.74) is 4.01. The van der Waals surface area contributed by atoms with E-state index in [1.807, 2.05) is 18.3 Å². The highest BCUT2D eigenvalue weighted by molar-refractivity contribution is 5.97. The van der Waals surface area contributed by atoms with Crippen molar-refractivity contribution in [3.63, 3.8) is 0 Å². The molecule has 1 N–H and O–H groups in total. The summed E-state index contributed by atoms with van der Waals surface area (Å²) in [4.78, 5) is 18.8. The monoisotopic (exact) mass is 359 g/mol. The highest BCUT2D eigenvalue weighted by Gasteiger charge is 2.20. The van der Waals surface area contributed by atoms with Gasteiger partial charge in [-0.2, -0.15) is 0 Å². The van der Waals surface area contributed by atoms with Crippen LogP contribution in [-0.2, 0) is 0 Å². The minimum absolute atomic E-state index is 0.209. The molecule has 3 aromatic heterocycles. The van der Waals surface area contributed by atoms with E-state index in [9.17, 15) is 0 Å². The molecule has 0 amide bonds. The van der Waals surface area contributed by atoms with Crippen LogP contribution in [0.4, 0.5) is 0 Å². The molecule has 1 fully saturated rings. The Labute approximate surface area is 157 Å². The number of nitrogens with zero attached hydrogens (tertiary/aromatic N) is 4. The number of ether oxygens (including phenoxy) is 1. The molecule has 0 atom stereocenters. The first-order valence-corrected chi connectivity index (χ1v) is 9.30. The Morgan fingerprint density at radius 3 is 2.85 bits per heavy atom. The third-order valence-corrected chi connectivity index (χ3v) is 5.30. The highest BCUT2D eigenvalue weighted by Crippen LogP contribution is 2.32. The highest BCUT2D eigenvalue weighted by atomic mass is 16.5. The Hall–Kier alpha value is -2.99. The summed E-state index contributed by atoms with van der Waals surface area (Å²) >= 11 is 0. The fourth-order valence-electron chi connectivity index (χ4n) is 3.75. The third kappa shape index (κ3) is 3.02. The van der Waals surface area contributed by atoms with Gasteiger partial charge in [0.15, 0.2) is 0 Å². The lowest BCUT2D eigenvalue weighted by Crippen LogP contribution is -2.35. The molecule has 4 aromatic rings. The molecule has 1 aliphatic heterocycles. The number of likely N-dealkylation sites (tertiary alicyclic amines) is 1. The zero-order chi connectivity index (χ0) is 18.2. The SMILES string of the molecule is CN1CCC(Oc2ncnc3ccc(-c4c[nH]c5ncccc45)cc23)CC1. The summed E-state index contributed by atoms with van der Waals surface area (Å²) in [6.07, 6.45) is 7.64. The van der Waals surface area contributed by atoms with E-state index in [2.05, 4.69) is 50.1 Å². The summed E-state index contributed by atoms with van der Waals surface area (Å²) in [7, 11) is 2.15. The number of rotatable bonds is 3. The van der Waals surface area contributed by atoms with Gasteiger partial charge in [-0.15, -0.1) is 0 Å². The first kappa shape index (κ1) is 16.2. The van der Waals surface area contributed by atoms with Gasteiger partial charge in [-0.25, -0.2) is 15.0 Å². The lowest BCUT2D eigenvalue weighted by Gasteiger charge is -2.29. The Balaban J connectivity index is 1.54. The van der Waals surface area contributed by atoms with Crippen LogP contribution in [0, 0.1) is 0 Å². The van der Waals surface area contributed by atoms with Crippen LogP contribution in [0.5, 0.6) is 5.88 Å². The molecule has 1 aromatic carbocycles. The standard InChI is InChI=1S/C21H21N5O/c1-26-9-6-15(7-10-26)27-21-17-11-14(4-5-19(17)24-13-25-21)18-12-23-20-16(18)3-2-8-22-20/h2-5,8,11-13,15H,6-7,9-10H2,1H3,(H,22,23). The van der Waals surface area contributed by atoms with Crippen LogP contribution in [-0.4, -0.2) is 51.1 Å². The van der Waals surface area contributed by atoms with Crippen molar-refractivity contribution in [3.05, 3.63) is 49.1 Å². The van der Waals surface area contributed by atoms with E-state index >= 15 is 0 Å². The molecule has 0 aliphatic carbocycles. The maximum Gasteiger partial charge on any atom is 0.224 e. The minimum Gasteiger partial charge on any atom is -0.474 e. The molecular weight excluding hydrogens is 338 g/mol. The van der Waals surface area contributed by atoms with Gasteiger partial charge in [-0.3, -0.25) is 0 Å². The summed E-state index contributed by atoms with van der Waals surface area (Å²) < 4.78 is 6.28. The number of aromatic amines is 1. The Morgan fingerprint density at radius 1 is 1.07 bits per heavy atom. The van der Waals surface area contributed by atoms with Crippen LogP contribution < -0.4 is 4.74 Å². The summed E-state index contributed by atoms with van der Waals surface area (Å²) in [5, 5.41) is 2.05. The summed E-state index contributed by atoms with van der Waals surface area (Å²) in [5.74, 6) is 0.675.